The van der Waals surface area contributed by atoms with Gasteiger partial charge in [0, 0.05) is 39.4 Å². The Morgan fingerprint density at radius 1 is 0.427 bits per heavy atom. The molecule has 1 aliphatic heterocycles. The molecule has 82 heavy (non-hydrogen) atoms. The lowest BCUT2D eigenvalue weighted by atomic mass is 9.88. The van der Waals surface area contributed by atoms with Crippen LogP contribution in [0.4, 0.5) is 0 Å². The summed E-state index contributed by atoms with van der Waals surface area (Å²) in [6, 6.07) is 91.1. The smallest absolute Gasteiger partial charge is 0.269 e. The Labute approximate surface area is 474 Å². The summed E-state index contributed by atoms with van der Waals surface area (Å²) in [6.07, 6.45) is 5.93. The van der Waals surface area contributed by atoms with Gasteiger partial charge in [-0.2, -0.15) is 0 Å². The number of hydrogen-bond acceptors (Lipinski definition) is 3. The van der Waals surface area contributed by atoms with Gasteiger partial charge in [-0.05, 0) is 145 Å². The predicted molar refractivity (Wildman–Crippen MR) is 334 cm³/mol. The summed E-state index contributed by atoms with van der Waals surface area (Å²) in [5, 5.41) is 4.42. The molecular formula is C76H52N4O2. The van der Waals surface area contributed by atoms with Gasteiger partial charge < -0.3 is 9.15 Å². The standard InChI is InChI=1S/C76H52N4O2/c1-76(2,3)52-39-40-77-72(44-52)80-68-33-15-14-29-61(68)62-37-36-55(46-70(62)80)81-54-24-16-23-53(45-54)78-47-79-73-56(30-17-31-63(73)59-27-12-10-25-57(59)58-26-11-13-28-60(58)64-32-18-34-69(78)74(64)79)50-35-38-71-66(41-50)67-43-51(48-19-6-4-7-20-48)42-65(75(67)82-71)49-21-8-5-9-22-49/h4-46H,1-3H3. The van der Waals surface area contributed by atoms with Gasteiger partial charge in [-0.1, -0.05) is 197 Å². The van der Waals surface area contributed by atoms with E-state index in [-0.39, 0.29) is 5.41 Å². The van der Waals surface area contributed by atoms with Crippen LogP contribution >= 0.6 is 0 Å². The molecule has 388 valence electrons. The first-order valence-electron chi connectivity index (χ1n) is 28.0. The van der Waals surface area contributed by atoms with Crippen LogP contribution in [-0.4, -0.2) is 14.1 Å². The lowest BCUT2D eigenvalue weighted by Gasteiger charge is -2.20. The Hall–Kier alpha value is -10.6. The maximum Gasteiger partial charge on any atom is 0.269 e. The Kier molecular flexibility index (Phi) is 10.7. The van der Waals surface area contributed by atoms with E-state index in [1.165, 1.54) is 16.7 Å². The zero-order valence-electron chi connectivity index (χ0n) is 45.4. The lowest BCUT2D eigenvalue weighted by molar-refractivity contribution is -0.570. The highest BCUT2D eigenvalue weighted by Crippen LogP contribution is 2.47. The molecule has 4 aromatic heterocycles. The number of rotatable bonds is 7. The number of benzene rings is 11. The van der Waals surface area contributed by atoms with E-state index >= 15 is 0 Å². The van der Waals surface area contributed by atoms with Gasteiger partial charge in [0.25, 0.3) is 6.33 Å². The highest BCUT2D eigenvalue weighted by molar-refractivity contribution is 6.13. The van der Waals surface area contributed by atoms with Crippen LogP contribution in [0.15, 0.2) is 265 Å². The van der Waals surface area contributed by atoms with Crippen LogP contribution in [0, 0.1) is 6.33 Å². The Morgan fingerprint density at radius 3 is 1.84 bits per heavy atom. The Morgan fingerprint density at radius 2 is 1.05 bits per heavy atom. The first-order chi connectivity index (χ1) is 40.3. The number of furan rings is 1. The van der Waals surface area contributed by atoms with Crippen LogP contribution in [0.1, 0.15) is 26.3 Å². The first-order valence-corrected chi connectivity index (χ1v) is 28.0. The zero-order valence-corrected chi connectivity index (χ0v) is 45.4. The summed E-state index contributed by atoms with van der Waals surface area (Å²) in [5.41, 5.74) is 22.4. The number of nitrogens with zero attached hydrogens (tertiary/aromatic N) is 4. The molecule has 0 radical (unpaired) electrons. The normalized spacial score (nSPS) is 12.1. The second-order valence-corrected chi connectivity index (χ2v) is 22.5. The largest absolute Gasteiger partial charge is 0.458 e. The van der Waals surface area contributed by atoms with E-state index < -0.39 is 0 Å². The highest BCUT2D eigenvalue weighted by Gasteiger charge is 2.27. The molecule has 15 aromatic rings. The zero-order chi connectivity index (χ0) is 54.6. The minimum absolute atomic E-state index is 0.0379. The van der Waals surface area contributed by atoms with E-state index in [0.29, 0.717) is 5.75 Å². The SMILES string of the molecule is CC(C)(C)c1ccnc(-n2c3ccccc3c3ccc(Oc4cccc(-n5[c-][n+]6c7c(cccc75)-c5ccccc5-c5ccccc5-c5cccc(-c7ccc8oc9c(-c%10ccccc%10)cc(-c%10ccccc%10)cc9c8c7)c5-6)c4)cc32)c1. The van der Waals surface area contributed by atoms with Crippen molar-refractivity contribution in [2.45, 2.75) is 26.2 Å². The number of ether oxygens (including phenoxy) is 1. The van der Waals surface area contributed by atoms with Crippen molar-refractivity contribution in [3.05, 3.63) is 273 Å². The van der Waals surface area contributed by atoms with E-state index in [0.717, 1.165) is 133 Å². The molecule has 0 spiro atoms. The summed E-state index contributed by atoms with van der Waals surface area (Å²) in [6.45, 7) is 6.72. The lowest BCUT2D eigenvalue weighted by Crippen LogP contribution is -2.32. The quantitative estimate of drug-likeness (QED) is 0.118. The molecule has 0 fully saturated rings. The summed E-state index contributed by atoms with van der Waals surface area (Å²) in [7, 11) is 0. The van der Waals surface area contributed by atoms with E-state index in [2.05, 4.69) is 290 Å². The number of fused-ring (bicyclic) bond motifs is 13. The summed E-state index contributed by atoms with van der Waals surface area (Å²) < 4.78 is 20.6. The number of hydrogen-bond donors (Lipinski definition) is 0. The fourth-order valence-corrected chi connectivity index (χ4v) is 12.6. The molecule has 5 heterocycles. The second kappa shape index (κ2) is 18.5. The highest BCUT2D eigenvalue weighted by atomic mass is 16.5. The summed E-state index contributed by atoms with van der Waals surface area (Å²) >= 11 is 0. The van der Waals surface area contributed by atoms with Gasteiger partial charge in [0.1, 0.15) is 28.5 Å². The molecule has 0 saturated heterocycles. The minimum atomic E-state index is -0.0379. The van der Waals surface area contributed by atoms with Gasteiger partial charge in [-0.15, -0.1) is 0 Å². The average Bonchev–Trinajstić information content (AvgIpc) is 4.37. The van der Waals surface area contributed by atoms with Gasteiger partial charge >= 0.3 is 0 Å². The topological polar surface area (TPSA) is 49.0 Å². The fourth-order valence-electron chi connectivity index (χ4n) is 12.6. The van der Waals surface area contributed by atoms with Crippen LogP contribution < -0.4 is 9.30 Å². The van der Waals surface area contributed by atoms with Crippen molar-refractivity contribution >= 4 is 54.8 Å². The van der Waals surface area contributed by atoms with Crippen LogP contribution in [0.2, 0.25) is 0 Å². The number of pyridine rings is 1. The molecule has 16 rings (SSSR count). The summed E-state index contributed by atoms with van der Waals surface area (Å²) in [5.74, 6) is 2.31. The van der Waals surface area contributed by atoms with E-state index in [1.54, 1.807) is 0 Å². The number of aromatic nitrogens is 4. The van der Waals surface area contributed by atoms with E-state index in [1.807, 2.05) is 12.3 Å². The van der Waals surface area contributed by atoms with Crippen LogP contribution in [0.5, 0.6) is 11.5 Å². The number of para-hydroxylation sites is 3. The molecule has 0 amide bonds. The third-order valence-corrected chi connectivity index (χ3v) is 16.5. The van der Waals surface area contributed by atoms with Crippen molar-refractivity contribution in [2.75, 3.05) is 0 Å². The monoisotopic (exact) mass is 1050 g/mol. The van der Waals surface area contributed by atoms with Crippen molar-refractivity contribution in [1.29, 1.82) is 0 Å². The minimum Gasteiger partial charge on any atom is -0.458 e. The molecule has 0 bridgehead atoms. The average molecular weight is 1050 g/mol. The molecule has 1 aliphatic rings. The van der Waals surface area contributed by atoms with Crippen molar-refractivity contribution < 1.29 is 13.7 Å². The van der Waals surface area contributed by atoms with Gasteiger partial charge in [-0.25, -0.2) is 4.98 Å². The van der Waals surface area contributed by atoms with Crippen LogP contribution in [0.3, 0.4) is 0 Å². The van der Waals surface area contributed by atoms with E-state index in [9.17, 15) is 0 Å². The second-order valence-electron chi connectivity index (χ2n) is 22.5. The third kappa shape index (κ3) is 7.63. The van der Waals surface area contributed by atoms with Gasteiger partial charge in [0.15, 0.2) is 0 Å². The molecular weight excluding hydrogens is 1000 g/mol. The molecule has 0 atom stereocenters. The van der Waals surface area contributed by atoms with Gasteiger partial charge in [0.05, 0.1) is 33.4 Å². The predicted octanol–water partition coefficient (Wildman–Crippen LogP) is 19.5. The van der Waals surface area contributed by atoms with Crippen molar-refractivity contribution in [1.82, 2.24) is 14.1 Å². The van der Waals surface area contributed by atoms with Gasteiger partial charge in [-0.3, -0.25) is 13.7 Å². The Balaban J connectivity index is 0.883. The molecule has 0 N–H and O–H groups in total. The third-order valence-electron chi connectivity index (χ3n) is 16.5. The van der Waals surface area contributed by atoms with E-state index in [4.69, 9.17) is 14.1 Å². The van der Waals surface area contributed by atoms with Crippen LogP contribution in [-0.2, 0) is 5.41 Å². The number of imidazole rings is 1. The van der Waals surface area contributed by atoms with Crippen molar-refractivity contribution in [3.63, 3.8) is 0 Å². The maximum absolute atomic E-state index is 6.92. The molecule has 11 aromatic carbocycles. The molecule has 0 unspecified atom stereocenters. The molecule has 0 saturated carbocycles. The molecule has 6 nitrogen and oxygen atoms in total. The fraction of sp³-hybridized carbons (Fsp3) is 0.0526. The van der Waals surface area contributed by atoms with Crippen molar-refractivity contribution in [3.8, 4) is 95.5 Å². The Bertz CT molecular complexity index is 5060. The molecule has 0 aliphatic carbocycles. The summed E-state index contributed by atoms with van der Waals surface area (Å²) in [4.78, 5) is 4.93. The van der Waals surface area contributed by atoms with Gasteiger partial charge in [0.2, 0.25) is 0 Å². The van der Waals surface area contributed by atoms with Crippen LogP contribution in [0.25, 0.3) is 139 Å². The first kappa shape index (κ1) is 47.4. The molecule has 6 heteroatoms. The maximum atomic E-state index is 6.92. The van der Waals surface area contributed by atoms with Crippen molar-refractivity contribution in [2.24, 2.45) is 0 Å².